The number of aromatic amines is 1. The van der Waals surface area contributed by atoms with E-state index in [2.05, 4.69) is 33.6 Å². The molecule has 0 aromatic carbocycles. The van der Waals surface area contributed by atoms with Crippen LogP contribution in [0.3, 0.4) is 0 Å². The normalized spacial score (nSPS) is 21.1. The van der Waals surface area contributed by atoms with E-state index < -0.39 is 0 Å². The number of ether oxygens (including phenoxy) is 2. The van der Waals surface area contributed by atoms with Crippen LogP contribution in [0.4, 0.5) is 5.82 Å². The number of anilines is 1. The van der Waals surface area contributed by atoms with Crippen molar-refractivity contribution in [2.75, 3.05) is 44.6 Å². The van der Waals surface area contributed by atoms with Gasteiger partial charge >= 0.3 is 0 Å². The number of hydrogen-bond acceptors (Lipinski definition) is 8. The lowest BCUT2D eigenvalue weighted by atomic mass is 10.1. The van der Waals surface area contributed by atoms with Gasteiger partial charge in [-0.05, 0) is 38.6 Å². The molecule has 3 aromatic heterocycles. The van der Waals surface area contributed by atoms with Crippen LogP contribution >= 0.6 is 11.8 Å². The van der Waals surface area contributed by atoms with Gasteiger partial charge in [0.15, 0.2) is 5.82 Å². The maximum atomic E-state index is 5.64. The molecule has 0 aliphatic carbocycles. The molecule has 166 valence electrons. The molecule has 3 N–H and O–H groups in total. The molecular formula is C22H30N6O2S. The highest BCUT2D eigenvalue weighted by molar-refractivity contribution is 7.99. The quantitative estimate of drug-likeness (QED) is 0.634. The van der Waals surface area contributed by atoms with Gasteiger partial charge in [0.25, 0.3) is 0 Å². The number of H-pyrrole nitrogens is 1. The van der Waals surface area contributed by atoms with Crippen molar-refractivity contribution >= 4 is 28.6 Å². The zero-order valence-electron chi connectivity index (χ0n) is 18.3. The van der Waals surface area contributed by atoms with Gasteiger partial charge in [0.05, 0.1) is 32.1 Å². The van der Waals surface area contributed by atoms with Crippen molar-refractivity contribution in [1.29, 1.82) is 0 Å². The number of aromatic nitrogens is 4. The molecule has 0 radical (unpaired) electrons. The Morgan fingerprint density at radius 1 is 1.26 bits per heavy atom. The summed E-state index contributed by atoms with van der Waals surface area (Å²) >= 11 is 1.99. The van der Waals surface area contributed by atoms with Crippen molar-refractivity contribution in [3.8, 4) is 17.3 Å². The summed E-state index contributed by atoms with van der Waals surface area (Å²) in [6.07, 6.45) is 4.30. The summed E-state index contributed by atoms with van der Waals surface area (Å²) in [5, 5.41) is 1.43. The maximum absolute atomic E-state index is 5.64. The van der Waals surface area contributed by atoms with Gasteiger partial charge in [-0.1, -0.05) is 0 Å². The first-order chi connectivity index (χ1) is 15.2. The fraction of sp³-hybridized carbons (Fsp3) is 0.500. The van der Waals surface area contributed by atoms with Gasteiger partial charge in [0.2, 0.25) is 5.88 Å². The molecule has 2 saturated heterocycles. The first kappa shape index (κ1) is 21.9. The van der Waals surface area contributed by atoms with Crippen molar-refractivity contribution in [2.45, 2.75) is 31.1 Å². The third-order valence-electron chi connectivity index (χ3n) is 5.61. The third-order valence-corrected chi connectivity index (χ3v) is 7.01. The second-order valence-electron chi connectivity index (χ2n) is 7.55. The molecule has 8 nitrogen and oxygen atoms in total. The van der Waals surface area contributed by atoms with Crippen LogP contribution in [-0.4, -0.2) is 65.6 Å². The standard InChI is InChI=1S/C21H25N5O2S.CH5N/c1-13-12-28-8-7-26(13)18-11-16(17-4-3-9-29-17)23-21(24-18)15-10-19(27-2)25-20-14(15)5-6-22-20;1-2/h5-6,10-11,13,17H,3-4,7-9,12H2,1-2H3,(H,22,25);2H2,1H3. The lowest BCUT2D eigenvalue weighted by molar-refractivity contribution is 0.0985. The van der Waals surface area contributed by atoms with E-state index in [1.165, 1.54) is 25.6 Å². The van der Waals surface area contributed by atoms with Crippen molar-refractivity contribution in [3.63, 3.8) is 0 Å². The molecule has 2 unspecified atom stereocenters. The number of fused-ring (bicyclic) bond motifs is 1. The number of nitrogens with zero attached hydrogens (tertiary/aromatic N) is 4. The fourth-order valence-corrected chi connectivity index (χ4v) is 5.31. The Morgan fingerprint density at radius 2 is 2.13 bits per heavy atom. The Balaban J connectivity index is 0.00000112. The summed E-state index contributed by atoms with van der Waals surface area (Å²) in [6.45, 7) is 4.47. The topological polar surface area (TPSA) is 102 Å². The van der Waals surface area contributed by atoms with Crippen molar-refractivity contribution in [3.05, 3.63) is 30.1 Å². The monoisotopic (exact) mass is 442 g/mol. The number of rotatable bonds is 4. The van der Waals surface area contributed by atoms with Crippen LogP contribution in [0.1, 0.15) is 30.7 Å². The lowest BCUT2D eigenvalue weighted by Crippen LogP contribution is -2.44. The highest BCUT2D eigenvalue weighted by Gasteiger charge is 2.26. The van der Waals surface area contributed by atoms with Crippen LogP contribution in [0.25, 0.3) is 22.4 Å². The average Bonchev–Trinajstić information content (AvgIpc) is 3.52. The molecule has 0 amide bonds. The van der Waals surface area contributed by atoms with Crippen LogP contribution in [0.15, 0.2) is 24.4 Å². The predicted molar refractivity (Wildman–Crippen MR) is 126 cm³/mol. The lowest BCUT2D eigenvalue weighted by Gasteiger charge is -2.34. The average molecular weight is 443 g/mol. The van der Waals surface area contributed by atoms with E-state index in [0.29, 0.717) is 11.1 Å². The zero-order chi connectivity index (χ0) is 21.8. The van der Waals surface area contributed by atoms with Crippen LogP contribution < -0.4 is 15.4 Å². The Kier molecular flexibility index (Phi) is 6.94. The SMILES string of the molecule is CN.COc1cc(-c2nc(C3CCCS3)cc(N3CCOCC3C)n2)c2cc[nH]c2n1. The number of nitrogens with two attached hydrogens (primary N) is 1. The Labute approximate surface area is 186 Å². The minimum Gasteiger partial charge on any atom is -0.481 e. The van der Waals surface area contributed by atoms with Gasteiger partial charge in [-0.25, -0.2) is 9.97 Å². The molecular weight excluding hydrogens is 412 g/mol. The minimum atomic E-state index is 0.287. The highest BCUT2D eigenvalue weighted by atomic mass is 32.2. The van der Waals surface area contributed by atoms with E-state index >= 15 is 0 Å². The summed E-state index contributed by atoms with van der Waals surface area (Å²) in [4.78, 5) is 20.0. The fourth-order valence-electron chi connectivity index (χ4n) is 4.07. The third kappa shape index (κ3) is 4.49. The molecule has 0 bridgehead atoms. The molecule has 3 aromatic rings. The van der Waals surface area contributed by atoms with Crippen molar-refractivity contribution in [1.82, 2.24) is 19.9 Å². The molecule has 2 atom stereocenters. The Hall–Kier alpha value is -2.36. The van der Waals surface area contributed by atoms with E-state index in [9.17, 15) is 0 Å². The van der Waals surface area contributed by atoms with Crippen LogP contribution in [0.5, 0.6) is 5.88 Å². The summed E-state index contributed by atoms with van der Waals surface area (Å²) < 4.78 is 11.1. The van der Waals surface area contributed by atoms with Gasteiger partial charge in [-0.3, -0.25) is 0 Å². The van der Waals surface area contributed by atoms with Gasteiger partial charge < -0.3 is 25.1 Å². The number of pyridine rings is 1. The van der Waals surface area contributed by atoms with E-state index in [1.807, 2.05) is 30.1 Å². The maximum Gasteiger partial charge on any atom is 0.215 e. The van der Waals surface area contributed by atoms with E-state index in [1.54, 1.807) is 7.11 Å². The first-order valence-corrected chi connectivity index (χ1v) is 11.7. The predicted octanol–water partition coefficient (Wildman–Crippen LogP) is 3.40. The highest BCUT2D eigenvalue weighted by Crippen LogP contribution is 2.41. The summed E-state index contributed by atoms with van der Waals surface area (Å²) in [6, 6.07) is 6.42. The summed E-state index contributed by atoms with van der Waals surface area (Å²) in [5.74, 6) is 3.46. The van der Waals surface area contributed by atoms with E-state index in [-0.39, 0.29) is 6.04 Å². The van der Waals surface area contributed by atoms with Crippen molar-refractivity contribution in [2.24, 2.45) is 5.73 Å². The zero-order valence-corrected chi connectivity index (χ0v) is 19.1. The Bertz CT molecular complexity index is 1020. The first-order valence-electron chi connectivity index (χ1n) is 10.7. The molecule has 31 heavy (non-hydrogen) atoms. The Morgan fingerprint density at radius 3 is 2.87 bits per heavy atom. The van der Waals surface area contributed by atoms with Gasteiger partial charge in [-0.2, -0.15) is 16.7 Å². The van der Waals surface area contributed by atoms with Gasteiger partial charge in [0.1, 0.15) is 11.5 Å². The molecule has 5 rings (SSSR count). The molecule has 0 saturated carbocycles. The molecule has 0 spiro atoms. The van der Waals surface area contributed by atoms with Crippen LogP contribution in [0.2, 0.25) is 0 Å². The second kappa shape index (κ2) is 9.84. The molecule has 5 heterocycles. The number of morpholine rings is 1. The number of nitrogens with one attached hydrogen (secondary N) is 1. The van der Waals surface area contributed by atoms with Crippen molar-refractivity contribution < 1.29 is 9.47 Å². The second-order valence-corrected chi connectivity index (χ2v) is 8.86. The largest absolute Gasteiger partial charge is 0.481 e. The summed E-state index contributed by atoms with van der Waals surface area (Å²) in [7, 11) is 3.13. The van der Waals surface area contributed by atoms with E-state index in [4.69, 9.17) is 19.4 Å². The molecule has 2 fully saturated rings. The minimum absolute atomic E-state index is 0.287. The van der Waals surface area contributed by atoms with Crippen LogP contribution in [0, 0.1) is 0 Å². The molecule has 2 aliphatic heterocycles. The van der Waals surface area contributed by atoms with E-state index in [0.717, 1.165) is 53.7 Å². The number of thioether (sulfide) groups is 1. The smallest absolute Gasteiger partial charge is 0.215 e. The van der Waals surface area contributed by atoms with Gasteiger partial charge in [-0.15, -0.1) is 0 Å². The number of hydrogen-bond donors (Lipinski definition) is 2. The van der Waals surface area contributed by atoms with Crippen LogP contribution in [-0.2, 0) is 4.74 Å². The number of methoxy groups -OCH3 is 1. The summed E-state index contributed by atoms with van der Waals surface area (Å²) in [5.41, 5.74) is 7.34. The van der Waals surface area contributed by atoms with Gasteiger partial charge in [0, 0.05) is 41.1 Å². The molecule has 2 aliphatic rings. The molecule has 9 heteroatoms.